The van der Waals surface area contributed by atoms with Gasteiger partial charge in [0, 0.05) is 17.1 Å². The molecule has 0 unspecified atom stereocenters. The van der Waals surface area contributed by atoms with E-state index in [1.54, 1.807) is 12.1 Å². The number of hydrazone groups is 1. The van der Waals surface area contributed by atoms with Crippen molar-refractivity contribution in [3.05, 3.63) is 129 Å². The van der Waals surface area contributed by atoms with Crippen LogP contribution in [0.4, 0.5) is 0 Å². The lowest BCUT2D eigenvalue weighted by Crippen LogP contribution is -2.16. The molecule has 1 N–H and O–H groups in total. The Bertz CT molecular complexity index is 1730. The summed E-state index contributed by atoms with van der Waals surface area (Å²) in [6.45, 7) is 9.16. The van der Waals surface area contributed by atoms with Gasteiger partial charge in [0.1, 0.15) is 24.7 Å². The molecular formula is C35H34BrN3O5. The molecule has 0 aliphatic rings. The van der Waals surface area contributed by atoms with Crippen LogP contribution in [-0.2, 0) is 13.2 Å². The predicted octanol–water partition coefficient (Wildman–Crippen LogP) is 8.08. The van der Waals surface area contributed by atoms with Gasteiger partial charge in [0.2, 0.25) is 0 Å². The Hall–Kier alpha value is -4.76. The summed E-state index contributed by atoms with van der Waals surface area (Å²) in [5, 5.41) is 4.10. The molecule has 2 heterocycles. The minimum atomic E-state index is -0.475. The van der Waals surface area contributed by atoms with Crippen molar-refractivity contribution in [3.63, 3.8) is 0 Å². The highest BCUT2D eigenvalue weighted by atomic mass is 79.9. The molecule has 226 valence electrons. The van der Waals surface area contributed by atoms with Crippen molar-refractivity contribution in [2.75, 3.05) is 6.61 Å². The molecule has 0 bridgehead atoms. The summed E-state index contributed by atoms with van der Waals surface area (Å²) >= 11 is 3.58. The fourth-order valence-corrected chi connectivity index (χ4v) is 5.20. The first-order valence-corrected chi connectivity index (χ1v) is 15.0. The predicted molar refractivity (Wildman–Crippen MR) is 174 cm³/mol. The van der Waals surface area contributed by atoms with E-state index in [9.17, 15) is 4.79 Å². The average Bonchev–Trinajstić information content (AvgIpc) is 3.63. The number of aromatic nitrogens is 1. The first-order valence-electron chi connectivity index (χ1n) is 14.3. The first-order chi connectivity index (χ1) is 21.3. The molecule has 0 saturated carbocycles. The smallest absolute Gasteiger partial charge is 0.307 e. The molecule has 44 heavy (non-hydrogen) atoms. The van der Waals surface area contributed by atoms with Crippen LogP contribution in [0, 0.1) is 20.8 Å². The van der Waals surface area contributed by atoms with Gasteiger partial charge in [-0.15, -0.1) is 0 Å². The van der Waals surface area contributed by atoms with Crippen molar-refractivity contribution in [1.82, 2.24) is 9.99 Å². The number of ether oxygens (including phenoxy) is 3. The number of benzene rings is 3. The van der Waals surface area contributed by atoms with Crippen LogP contribution in [0.15, 0.2) is 98.9 Å². The molecule has 0 radical (unpaired) electrons. The van der Waals surface area contributed by atoms with E-state index >= 15 is 0 Å². The highest BCUT2D eigenvalue weighted by Gasteiger charge is 2.14. The summed E-state index contributed by atoms with van der Waals surface area (Å²) in [5.74, 6) is 2.05. The fraction of sp³-hybridized carbons (Fsp3) is 0.200. The van der Waals surface area contributed by atoms with E-state index in [0.29, 0.717) is 46.3 Å². The zero-order chi connectivity index (χ0) is 31.1. The highest BCUT2D eigenvalue weighted by molar-refractivity contribution is 9.10. The van der Waals surface area contributed by atoms with Gasteiger partial charge >= 0.3 is 5.91 Å². The molecule has 5 rings (SSSR count). The molecule has 9 heteroatoms. The zero-order valence-electron chi connectivity index (χ0n) is 25.1. The van der Waals surface area contributed by atoms with Gasteiger partial charge in [0.25, 0.3) is 0 Å². The molecular weight excluding hydrogens is 622 g/mol. The summed E-state index contributed by atoms with van der Waals surface area (Å²) in [4.78, 5) is 12.6. The SMILES string of the molecule is CCOc1cc(/C=N/NC(=O)c2ccc(COc3ccc(-n4c(C)ccc4C)cc3)o2)cc(Br)c1OCc1ccc(C)cc1. The van der Waals surface area contributed by atoms with E-state index in [0.717, 1.165) is 11.3 Å². The average molecular weight is 657 g/mol. The maximum absolute atomic E-state index is 12.6. The maximum Gasteiger partial charge on any atom is 0.307 e. The number of amides is 1. The molecule has 8 nitrogen and oxygen atoms in total. The Morgan fingerprint density at radius 3 is 2.32 bits per heavy atom. The molecule has 0 spiro atoms. The van der Waals surface area contributed by atoms with Crippen LogP contribution in [0.1, 0.15) is 51.3 Å². The van der Waals surface area contributed by atoms with Crippen LogP contribution in [0.5, 0.6) is 17.2 Å². The maximum atomic E-state index is 12.6. The normalized spacial score (nSPS) is 11.1. The van der Waals surface area contributed by atoms with E-state index < -0.39 is 5.91 Å². The van der Waals surface area contributed by atoms with E-state index in [1.807, 2.05) is 62.4 Å². The molecule has 0 fully saturated rings. The van der Waals surface area contributed by atoms with Crippen LogP contribution < -0.4 is 19.6 Å². The Balaban J connectivity index is 1.15. The number of nitrogens with zero attached hydrogens (tertiary/aromatic N) is 2. The van der Waals surface area contributed by atoms with Crippen LogP contribution in [-0.4, -0.2) is 23.3 Å². The number of carbonyl (C=O) groups is 1. The first kappa shape index (κ1) is 30.7. The number of carbonyl (C=O) groups excluding carboxylic acids is 1. The van der Waals surface area contributed by atoms with E-state index in [-0.39, 0.29) is 12.4 Å². The number of hydrogen-bond donors (Lipinski definition) is 1. The van der Waals surface area contributed by atoms with Crippen molar-refractivity contribution in [1.29, 1.82) is 0 Å². The van der Waals surface area contributed by atoms with Crippen LogP contribution >= 0.6 is 15.9 Å². The van der Waals surface area contributed by atoms with Gasteiger partial charge in [0.05, 0.1) is 17.3 Å². The second kappa shape index (κ2) is 14.1. The van der Waals surface area contributed by atoms with Gasteiger partial charge in [-0.25, -0.2) is 5.43 Å². The van der Waals surface area contributed by atoms with Crippen LogP contribution in [0.2, 0.25) is 0 Å². The lowest BCUT2D eigenvalue weighted by atomic mass is 10.2. The zero-order valence-corrected chi connectivity index (χ0v) is 26.7. The molecule has 3 aromatic carbocycles. The number of furan rings is 1. The number of nitrogens with one attached hydrogen (secondary N) is 1. The van der Waals surface area contributed by atoms with Gasteiger partial charge in [-0.2, -0.15) is 5.10 Å². The van der Waals surface area contributed by atoms with Crippen molar-refractivity contribution >= 4 is 28.1 Å². The van der Waals surface area contributed by atoms with Gasteiger partial charge in [-0.1, -0.05) is 29.8 Å². The summed E-state index contributed by atoms with van der Waals surface area (Å²) in [6.07, 6.45) is 1.53. The number of aryl methyl sites for hydroxylation is 3. The topological polar surface area (TPSA) is 87.2 Å². The lowest BCUT2D eigenvalue weighted by Gasteiger charge is -2.14. The Morgan fingerprint density at radius 1 is 0.886 bits per heavy atom. The summed E-state index contributed by atoms with van der Waals surface area (Å²) in [7, 11) is 0. The van der Waals surface area contributed by atoms with Crippen LogP contribution in [0.3, 0.4) is 0 Å². The van der Waals surface area contributed by atoms with Crippen molar-refractivity contribution in [2.45, 2.75) is 40.9 Å². The van der Waals surface area contributed by atoms with Crippen molar-refractivity contribution < 1.29 is 23.4 Å². The second-order valence-electron chi connectivity index (χ2n) is 10.2. The van der Waals surface area contributed by atoms with E-state index in [2.05, 4.69) is 69.1 Å². The second-order valence-corrected chi connectivity index (χ2v) is 11.1. The third kappa shape index (κ3) is 7.60. The number of hydrogen-bond acceptors (Lipinski definition) is 6. The number of rotatable bonds is 12. The standard InChI is InChI=1S/C35H34BrN3O5/c1-5-41-33-19-27(18-31(36)34(33)43-21-26-10-6-23(2)7-11-26)20-37-38-35(40)32-17-16-30(44-32)22-42-29-14-12-28(13-15-29)39-24(3)8-9-25(39)4/h6-20H,5,21-22H2,1-4H3,(H,38,40)/b37-20+. The molecule has 0 aliphatic heterocycles. The molecule has 2 aromatic heterocycles. The monoisotopic (exact) mass is 655 g/mol. The summed E-state index contributed by atoms with van der Waals surface area (Å²) < 4.78 is 26.3. The van der Waals surface area contributed by atoms with Crippen LogP contribution in [0.25, 0.3) is 5.69 Å². The molecule has 5 aromatic rings. The van der Waals surface area contributed by atoms with E-state index in [1.165, 1.54) is 23.2 Å². The minimum absolute atomic E-state index is 0.130. The van der Waals surface area contributed by atoms with Crippen molar-refractivity contribution in [3.8, 4) is 22.9 Å². The Kier molecular flexibility index (Phi) is 9.86. The summed E-state index contributed by atoms with van der Waals surface area (Å²) in [6, 6.07) is 27.2. The fourth-order valence-electron chi connectivity index (χ4n) is 4.62. The van der Waals surface area contributed by atoms with Gasteiger partial charge in [0.15, 0.2) is 17.3 Å². The Morgan fingerprint density at radius 2 is 1.61 bits per heavy atom. The van der Waals surface area contributed by atoms with Gasteiger partial charge < -0.3 is 23.2 Å². The lowest BCUT2D eigenvalue weighted by molar-refractivity contribution is 0.0923. The van der Waals surface area contributed by atoms with Crippen molar-refractivity contribution in [2.24, 2.45) is 5.10 Å². The third-order valence-electron chi connectivity index (χ3n) is 6.85. The summed E-state index contributed by atoms with van der Waals surface area (Å²) in [5.41, 5.74) is 8.87. The largest absolute Gasteiger partial charge is 0.490 e. The molecule has 0 saturated heterocycles. The molecule has 0 atom stereocenters. The quantitative estimate of drug-likeness (QED) is 0.108. The highest BCUT2D eigenvalue weighted by Crippen LogP contribution is 2.37. The number of halogens is 1. The van der Waals surface area contributed by atoms with Gasteiger partial charge in [-0.3, -0.25) is 4.79 Å². The van der Waals surface area contributed by atoms with Gasteiger partial charge in [-0.05, 0) is 115 Å². The third-order valence-corrected chi connectivity index (χ3v) is 7.44. The van der Waals surface area contributed by atoms with E-state index in [4.69, 9.17) is 18.6 Å². The molecule has 0 aliphatic carbocycles. The Labute approximate surface area is 265 Å². The molecule has 1 amide bonds. The minimum Gasteiger partial charge on any atom is -0.490 e.